The number of carbonyl (C=O) groups excluding carboxylic acids is 1. The monoisotopic (exact) mass is 288 g/mol. The molecule has 0 fully saturated rings. The molecule has 1 aromatic carbocycles. The Morgan fingerprint density at radius 1 is 1.33 bits per heavy atom. The average Bonchev–Trinajstić information content (AvgIpc) is 2.84. The van der Waals surface area contributed by atoms with Crippen molar-refractivity contribution >= 4 is 22.8 Å². The van der Waals surface area contributed by atoms with Gasteiger partial charge in [0.1, 0.15) is 5.69 Å². The molecule has 21 heavy (non-hydrogen) atoms. The van der Waals surface area contributed by atoms with Crippen LogP contribution in [0.2, 0.25) is 0 Å². The molecule has 1 aromatic heterocycles. The first-order chi connectivity index (χ1) is 10.0. The van der Waals surface area contributed by atoms with E-state index >= 15 is 0 Å². The lowest BCUT2D eigenvalue weighted by Gasteiger charge is -2.11. The zero-order valence-corrected chi connectivity index (χ0v) is 12.3. The summed E-state index contributed by atoms with van der Waals surface area (Å²) in [6.45, 7) is 4.51. The van der Waals surface area contributed by atoms with Gasteiger partial charge in [0.25, 0.3) is 5.91 Å². The fourth-order valence-corrected chi connectivity index (χ4v) is 2.29. The number of rotatable bonds is 6. The number of carboxylic acids is 1. The summed E-state index contributed by atoms with van der Waals surface area (Å²) >= 11 is 0. The Morgan fingerprint density at radius 2 is 2.05 bits per heavy atom. The minimum Gasteiger partial charge on any atom is -0.481 e. The van der Waals surface area contributed by atoms with Crippen molar-refractivity contribution in [1.29, 1.82) is 0 Å². The normalized spacial score (nSPS) is 12.3. The summed E-state index contributed by atoms with van der Waals surface area (Å²) in [6, 6.07) is 9.70. The van der Waals surface area contributed by atoms with Crippen LogP contribution in [0.1, 0.15) is 30.8 Å². The van der Waals surface area contributed by atoms with Gasteiger partial charge in [0.2, 0.25) is 0 Å². The second-order valence-electron chi connectivity index (χ2n) is 5.19. The lowest BCUT2D eigenvalue weighted by atomic mass is 10.2. The Hall–Kier alpha value is -2.30. The molecule has 1 heterocycles. The zero-order valence-electron chi connectivity index (χ0n) is 12.3. The number of amides is 1. The molecule has 2 aromatic rings. The molecule has 0 radical (unpaired) electrons. The predicted molar refractivity (Wildman–Crippen MR) is 81.4 cm³/mol. The number of aliphatic carboxylic acids is 1. The Labute approximate surface area is 123 Å². The van der Waals surface area contributed by atoms with Crippen molar-refractivity contribution in [3.63, 3.8) is 0 Å². The smallest absolute Gasteiger partial charge is 0.308 e. The topological polar surface area (TPSA) is 71.3 Å². The molecule has 5 heteroatoms. The fourth-order valence-electron chi connectivity index (χ4n) is 2.29. The van der Waals surface area contributed by atoms with Crippen LogP contribution < -0.4 is 5.32 Å². The molecular formula is C16H20N2O3. The summed E-state index contributed by atoms with van der Waals surface area (Å²) in [5.74, 6) is -1.74. The molecule has 0 saturated carbocycles. The van der Waals surface area contributed by atoms with Crippen LogP contribution in [0.5, 0.6) is 0 Å². The van der Waals surface area contributed by atoms with Crippen molar-refractivity contribution in [2.24, 2.45) is 5.92 Å². The van der Waals surface area contributed by atoms with Gasteiger partial charge >= 0.3 is 5.97 Å². The Kier molecular flexibility index (Phi) is 4.62. The lowest BCUT2D eigenvalue weighted by molar-refractivity contribution is -0.140. The van der Waals surface area contributed by atoms with Gasteiger partial charge in [0.05, 0.1) is 5.92 Å². The first kappa shape index (κ1) is 15.1. The summed E-state index contributed by atoms with van der Waals surface area (Å²) in [7, 11) is 0. The Balaban J connectivity index is 2.25. The molecule has 0 aliphatic rings. The van der Waals surface area contributed by atoms with E-state index in [9.17, 15) is 9.59 Å². The van der Waals surface area contributed by atoms with Crippen molar-refractivity contribution in [1.82, 2.24) is 9.88 Å². The number of aryl methyl sites for hydroxylation is 1. The third-order valence-electron chi connectivity index (χ3n) is 3.48. The Bertz CT molecular complexity index is 661. The minimum absolute atomic E-state index is 0.127. The van der Waals surface area contributed by atoms with Crippen LogP contribution in [0.4, 0.5) is 0 Å². The predicted octanol–water partition coefficient (Wildman–Crippen LogP) is 2.50. The number of carboxylic acid groups (broad SMARTS) is 1. The first-order valence-electron chi connectivity index (χ1n) is 7.13. The summed E-state index contributed by atoms with van der Waals surface area (Å²) in [5, 5.41) is 12.6. The van der Waals surface area contributed by atoms with Gasteiger partial charge < -0.3 is 15.0 Å². The van der Waals surface area contributed by atoms with E-state index in [2.05, 4.69) is 12.2 Å². The molecule has 1 atom stereocenters. The van der Waals surface area contributed by atoms with E-state index in [4.69, 9.17) is 5.11 Å². The van der Waals surface area contributed by atoms with Gasteiger partial charge in [-0.25, -0.2) is 0 Å². The quantitative estimate of drug-likeness (QED) is 0.858. The van der Waals surface area contributed by atoms with Crippen molar-refractivity contribution in [2.45, 2.75) is 26.8 Å². The highest BCUT2D eigenvalue weighted by Crippen LogP contribution is 2.20. The van der Waals surface area contributed by atoms with E-state index < -0.39 is 11.9 Å². The number of hydrogen-bond donors (Lipinski definition) is 2. The largest absolute Gasteiger partial charge is 0.481 e. The van der Waals surface area contributed by atoms with E-state index in [1.54, 1.807) is 6.92 Å². The fraction of sp³-hybridized carbons (Fsp3) is 0.375. The maximum atomic E-state index is 12.3. The van der Waals surface area contributed by atoms with E-state index in [1.165, 1.54) is 0 Å². The molecule has 0 spiro atoms. The van der Waals surface area contributed by atoms with Gasteiger partial charge in [0, 0.05) is 24.0 Å². The molecule has 0 aliphatic heterocycles. The molecule has 0 bridgehead atoms. The zero-order chi connectivity index (χ0) is 15.4. The highest BCUT2D eigenvalue weighted by molar-refractivity contribution is 5.98. The lowest BCUT2D eigenvalue weighted by Crippen LogP contribution is -2.32. The Morgan fingerprint density at radius 3 is 2.71 bits per heavy atom. The second kappa shape index (κ2) is 6.43. The van der Waals surface area contributed by atoms with E-state index in [1.807, 2.05) is 34.9 Å². The number of benzene rings is 1. The van der Waals surface area contributed by atoms with Crippen molar-refractivity contribution in [3.8, 4) is 0 Å². The number of aromatic nitrogens is 1. The molecule has 2 rings (SSSR count). The molecule has 0 saturated heterocycles. The van der Waals surface area contributed by atoms with Crippen LogP contribution >= 0.6 is 0 Å². The van der Waals surface area contributed by atoms with E-state index in [0.717, 1.165) is 23.9 Å². The number of para-hydroxylation sites is 1. The number of fused-ring (bicyclic) bond motifs is 1. The summed E-state index contributed by atoms with van der Waals surface area (Å²) in [4.78, 5) is 23.1. The average molecular weight is 288 g/mol. The molecular weight excluding hydrogens is 268 g/mol. The van der Waals surface area contributed by atoms with Gasteiger partial charge in [-0.05, 0) is 18.6 Å². The standard InChI is InChI=1S/C16H20N2O3/c1-3-8-18-13-7-5-4-6-12(13)9-14(18)15(19)17-10-11(2)16(20)21/h4-7,9,11H,3,8,10H2,1-2H3,(H,17,19)(H,20,21). The number of nitrogens with zero attached hydrogens (tertiary/aromatic N) is 1. The van der Waals surface area contributed by atoms with Crippen LogP contribution in [-0.4, -0.2) is 28.1 Å². The van der Waals surface area contributed by atoms with Crippen molar-refractivity contribution in [3.05, 3.63) is 36.0 Å². The summed E-state index contributed by atoms with van der Waals surface area (Å²) in [5.41, 5.74) is 1.60. The number of hydrogen-bond acceptors (Lipinski definition) is 2. The van der Waals surface area contributed by atoms with Crippen LogP contribution in [0, 0.1) is 5.92 Å². The third kappa shape index (κ3) is 3.24. The molecule has 0 aliphatic carbocycles. The van der Waals surface area contributed by atoms with Crippen LogP contribution in [0.15, 0.2) is 30.3 Å². The van der Waals surface area contributed by atoms with Crippen molar-refractivity contribution in [2.75, 3.05) is 6.54 Å². The minimum atomic E-state index is -0.913. The van der Waals surface area contributed by atoms with Crippen LogP contribution in [-0.2, 0) is 11.3 Å². The second-order valence-corrected chi connectivity index (χ2v) is 5.19. The summed E-state index contributed by atoms with van der Waals surface area (Å²) in [6.07, 6.45) is 0.921. The molecule has 112 valence electrons. The summed E-state index contributed by atoms with van der Waals surface area (Å²) < 4.78 is 1.98. The maximum absolute atomic E-state index is 12.3. The maximum Gasteiger partial charge on any atom is 0.308 e. The first-order valence-corrected chi connectivity index (χ1v) is 7.13. The van der Waals surface area contributed by atoms with Gasteiger partial charge in [0.15, 0.2) is 0 Å². The highest BCUT2D eigenvalue weighted by Gasteiger charge is 2.17. The number of nitrogens with one attached hydrogen (secondary N) is 1. The SMILES string of the molecule is CCCn1c(C(=O)NCC(C)C(=O)O)cc2ccccc21. The van der Waals surface area contributed by atoms with Crippen LogP contribution in [0.3, 0.4) is 0 Å². The van der Waals surface area contributed by atoms with E-state index in [0.29, 0.717) is 5.69 Å². The third-order valence-corrected chi connectivity index (χ3v) is 3.48. The van der Waals surface area contributed by atoms with Crippen LogP contribution in [0.25, 0.3) is 10.9 Å². The van der Waals surface area contributed by atoms with Gasteiger partial charge in [-0.2, -0.15) is 0 Å². The molecule has 1 amide bonds. The number of carbonyl (C=O) groups is 2. The van der Waals surface area contributed by atoms with Gasteiger partial charge in [-0.15, -0.1) is 0 Å². The van der Waals surface area contributed by atoms with E-state index in [-0.39, 0.29) is 12.5 Å². The van der Waals surface area contributed by atoms with Gasteiger partial charge in [-0.1, -0.05) is 32.0 Å². The molecule has 2 N–H and O–H groups in total. The van der Waals surface area contributed by atoms with Gasteiger partial charge in [-0.3, -0.25) is 9.59 Å². The van der Waals surface area contributed by atoms with Crippen molar-refractivity contribution < 1.29 is 14.7 Å². The molecule has 1 unspecified atom stereocenters. The highest BCUT2D eigenvalue weighted by atomic mass is 16.4. The molecule has 5 nitrogen and oxygen atoms in total.